The van der Waals surface area contributed by atoms with Crippen molar-refractivity contribution in [3.63, 3.8) is 0 Å². The van der Waals surface area contributed by atoms with E-state index in [0.717, 1.165) is 75.7 Å². The first-order valence-electron chi connectivity index (χ1n) is 25.3. The van der Waals surface area contributed by atoms with Crippen LogP contribution < -0.4 is 0 Å². The molecule has 0 aromatic carbocycles. The Bertz CT molecular complexity index is 954. The standard InChI is InChI=1S/C50H93NO5/c1-4-6-8-10-16-22-28-43-38-45(43)30-24-18-12-14-20-26-36-53-47-40-55-48(41-56-50(52)42-32-34-51(3)35-33-42)49(47)54-37-27-21-15-13-19-25-31-46-39-44(46)29-23-17-11-9-7-5-2/h42-49H,4-41H2,1-3H3/t43?,44?,45?,46?,47-,48+,49+/m0/s1. The second kappa shape index (κ2) is 30.4. The Balaban J connectivity index is 1.01. The Morgan fingerprint density at radius 1 is 0.554 bits per heavy atom. The van der Waals surface area contributed by atoms with Crippen LogP contribution in [-0.2, 0) is 23.7 Å². The number of esters is 1. The van der Waals surface area contributed by atoms with Crippen molar-refractivity contribution in [2.45, 2.75) is 238 Å². The summed E-state index contributed by atoms with van der Waals surface area (Å²) in [5, 5.41) is 0. The van der Waals surface area contributed by atoms with Gasteiger partial charge in [-0.3, -0.25) is 4.79 Å². The van der Waals surface area contributed by atoms with E-state index in [1.54, 1.807) is 0 Å². The van der Waals surface area contributed by atoms with E-state index in [1.807, 2.05) is 0 Å². The van der Waals surface area contributed by atoms with Crippen LogP contribution >= 0.6 is 0 Å². The van der Waals surface area contributed by atoms with Crippen molar-refractivity contribution in [3.05, 3.63) is 0 Å². The molecule has 2 heterocycles. The molecule has 0 N–H and O–H groups in total. The Morgan fingerprint density at radius 3 is 1.43 bits per heavy atom. The summed E-state index contributed by atoms with van der Waals surface area (Å²) in [6.45, 7) is 8.83. The third-order valence-electron chi connectivity index (χ3n) is 14.2. The lowest BCUT2D eigenvalue weighted by Crippen LogP contribution is -2.39. The highest BCUT2D eigenvalue weighted by Crippen LogP contribution is 2.46. The van der Waals surface area contributed by atoms with Gasteiger partial charge in [-0.15, -0.1) is 0 Å². The quantitative estimate of drug-likeness (QED) is 0.0462. The molecule has 0 spiro atoms. The molecule has 4 unspecified atom stereocenters. The van der Waals surface area contributed by atoms with Gasteiger partial charge < -0.3 is 23.8 Å². The number of carbonyl (C=O) groups is 1. The Morgan fingerprint density at radius 2 is 0.964 bits per heavy atom. The average Bonchev–Trinajstić information content (AvgIpc) is 4.11. The number of likely N-dealkylation sites (tertiary alicyclic amines) is 1. The maximum absolute atomic E-state index is 12.9. The molecule has 0 amide bonds. The number of nitrogens with zero attached hydrogens (tertiary/aromatic N) is 1. The smallest absolute Gasteiger partial charge is 0.309 e. The first-order valence-corrected chi connectivity index (χ1v) is 25.3. The van der Waals surface area contributed by atoms with E-state index in [1.165, 1.54) is 180 Å². The lowest BCUT2D eigenvalue weighted by molar-refractivity contribution is -0.156. The molecule has 0 aromatic heterocycles. The Kier molecular flexibility index (Phi) is 26.0. The monoisotopic (exact) mass is 788 g/mol. The van der Waals surface area contributed by atoms with E-state index >= 15 is 0 Å². The molecule has 6 nitrogen and oxygen atoms in total. The SMILES string of the molecule is CCCCCCCCC1CC1CCCCCCCCO[C@@H]1[C@@H](OCCCCCCCCC2CC2CCCCCCCC)CO[C@@H]1COC(=O)C1CCN(C)CC1. The average molecular weight is 788 g/mol. The molecule has 56 heavy (non-hydrogen) atoms. The van der Waals surface area contributed by atoms with E-state index in [9.17, 15) is 4.79 Å². The van der Waals surface area contributed by atoms with Gasteiger partial charge in [-0.1, -0.05) is 181 Å². The van der Waals surface area contributed by atoms with Crippen molar-refractivity contribution in [1.82, 2.24) is 4.90 Å². The molecule has 4 rings (SSSR count). The Labute approximate surface area is 347 Å². The van der Waals surface area contributed by atoms with E-state index in [4.69, 9.17) is 18.9 Å². The Hall–Kier alpha value is -0.690. The van der Waals surface area contributed by atoms with Crippen LogP contribution in [0.5, 0.6) is 0 Å². The predicted octanol–water partition coefficient (Wildman–Crippen LogP) is 13.3. The molecule has 328 valence electrons. The number of carbonyl (C=O) groups excluding carboxylic acids is 1. The molecule has 6 heteroatoms. The van der Waals surface area contributed by atoms with Gasteiger partial charge in [-0.2, -0.15) is 0 Å². The highest BCUT2D eigenvalue weighted by Gasteiger charge is 2.40. The van der Waals surface area contributed by atoms with Gasteiger partial charge in [0.25, 0.3) is 0 Å². The number of hydrogen-bond acceptors (Lipinski definition) is 6. The maximum Gasteiger partial charge on any atom is 0.309 e. The minimum atomic E-state index is -0.237. The van der Waals surface area contributed by atoms with Gasteiger partial charge in [0, 0.05) is 13.2 Å². The summed E-state index contributed by atoms with van der Waals surface area (Å²) in [4.78, 5) is 15.2. The van der Waals surface area contributed by atoms with Crippen molar-refractivity contribution >= 4 is 5.97 Å². The van der Waals surface area contributed by atoms with Crippen LogP contribution in [-0.4, -0.2) is 75.7 Å². The lowest BCUT2D eigenvalue weighted by Gasteiger charge is -2.28. The molecule has 2 aliphatic heterocycles. The lowest BCUT2D eigenvalue weighted by atomic mass is 9.97. The summed E-state index contributed by atoms with van der Waals surface area (Å²) >= 11 is 0. The molecule has 4 aliphatic rings. The van der Waals surface area contributed by atoms with E-state index in [0.29, 0.717) is 6.61 Å². The molecule has 4 fully saturated rings. The summed E-state index contributed by atoms with van der Waals surface area (Å²) in [6.07, 6.45) is 43.1. The van der Waals surface area contributed by atoms with Gasteiger partial charge in [-0.05, 0) is 82.3 Å². The van der Waals surface area contributed by atoms with Crippen molar-refractivity contribution in [3.8, 4) is 0 Å². The van der Waals surface area contributed by atoms with Crippen LogP contribution in [0.2, 0.25) is 0 Å². The minimum absolute atomic E-state index is 0.00959. The predicted molar refractivity (Wildman–Crippen MR) is 234 cm³/mol. The number of hydrogen-bond donors (Lipinski definition) is 0. The van der Waals surface area contributed by atoms with E-state index < -0.39 is 0 Å². The first kappa shape index (κ1) is 48.0. The molecule has 7 atom stereocenters. The zero-order chi connectivity index (χ0) is 39.5. The molecular formula is C50H93NO5. The van der Waals surface area contributed by atoms with Gasteiger partial charge in [-0.25, -0.2) is 0 Å². The maximum atomic E-state index is 12.9. The molecule has 2 saturated carbocycles. The van der Waals surface area contributed by atoms with Crippen LogP contribution in [0.4, 0.5) is 0 Å². The summed E-state index contributed by atoms with van der Waals surface area (Å²) in [5.74, 6) is 4.18. The molecule has 2 aliphatic carbocycles. The third kappa shape index (κ3) is 21.0. The number of rotatable bonds is 37. The van der Waals surface area contributed by atoms with Gasteiger partial charge in [0.1, 0.15) is 24.9 Å². The first-order chi connectivity index (χ1) is 27.6. The highest BCUT2D eigenvalue weighted by molar-refractivity contribution is 5.72. The van der Waals surface area contributed by atoms with Crippen molar-refractivity contribution in [2.75, 3.05) is 46.6 Å². The van der Waals surface area contributed by atoms with Crippen molar-refractivity contribution in [1.29, 1.82) is 0 Å². The van der Waals surface area contributed by atoms with Crippen LogP contribution in [0.1, 0.15) is 219 Å². The number of unbranched alkanes of at least 4 members (excludes halogenated alkanes) is 20. The fourth-order valence-electron chi connectivity index (χ4n) is 9.97. The van der Waals surface area contributed by atoms with Gasteiger partial charge in [0.15, 0.2) is 0 Å². The summed E-state index contributed by atoms with van der Waals surface area (Å²) in [6, 6.07) is 0. The largest absolute Gasteiger partial charge is 0.463 e. The molecule has 0 radical (unpaired) electrons. The van der Waals surface area contributed by atoms with Crippen LogP contribution in [0.3, 0.4) is 0 Å². The zero-order valence-electron chi connectivity index (χ0n) is 37.5. The van der Waals surface area contributed by atoms with Gasteiger partial charge in [0.2, 0.25) is 0 Å². The van der Waals surface area contributed by atoms with Gasteiger partial charge in [0.05, 0.1) is 12.5 Å². The molecular weight excluding hydrogens is 695 g/mol. The van der Waals surface area contributed by atoms with Gasteiger partial charge >= 0.3 is 5.97 Å². The van der Waals surface area contributed by atoms with Crippen molar-refractivity contribution in [2.24, 2.45) is 29.6 Å². The second-order valence-electron chi connectivity index (χ2n) is 19.3. The number of piperidine rings is 1. The van der Waals surface area contributed by atoms with Crippen LogP contribution in [0, 0.1) is 29.6 Å². The fourth-order valence-corrected chi connectivity index (χ4v) is 9.97. The normalized spacial score (nSPS) is 26.6. The summed E-state index contributed by atoms with van der Waals surface area (Å²) in [5.41, 5.74) is 0. The van der Waals surface area contributed by atoms with Crippen molar-refractivity contribution < 1.29 is 23.7 Å². The molecule has 0 aromatic rings. The summed E-state index contributed by atoms with van der Waals surface area (Å²) < 4.78 is 25.0. The summed E-state index contributed by atoms with van der Waals surface area (Å²) in [7, 11) is 2.12. The zero-order valence-corrected chi connectivity index (χ0v) is 37.5. The highest BCUT2D eigenvalue weighted by atomic mass is 16.6. The van der Waals surface area contributed by atoms with E-state index in [2.05, 4.69) is 25.8 Å². The van der Waals surface area contributed by atoms with Crippen LogP contribution in [0.25, 0.3) is 0 Å². The molecule has 2 saturated heterocycles. The molecule has 0 bridgehead atoms. The minimum Gasteiger partial charge on any atom is -0.463 e. The van der Waals surface area contributed by atoms with Crippen LogP contribution in [0.15, 0.2) is 0 Å². The third-order valence-corrected chi connectivity index (χ3v) is 14.2. The number of ether oxygens (including phenoxy) is 4. The van der Waals surface area contributed by atoms with E-state index in [-0.39, 0.29) is 36.8 Å². The fraction of sp³-hybridized carbons (Fsp3) is 0.980. The second-order valence-corrected chi connectivity index (χ2v) is 19.3. The topological polar surface area (TPSA) is 57.2 Å².